The molecule has 5 nitrogen and oxygen atoms in total. The Morgan fingerprint density at radius 2 is 1.92 bits per heavy atom. The maximum atomic E-state index is 14.1. The van der Waals surface area contributed by atoms with Crippen LogP contribution in [-0.2, 0) is 11.3 Å². The topological polar surface area (TPSA) is 48.0 Å². The van der Waals surface area contributed by atoms with Gasteiger partial charge in [-0.2, -0.15) is 0 Å². The Labute approximate surface area is 149 Å². The Kier molecular flexibility index (Phi) is 4.72. The number of rotatable bonds is 3. The van der Waals surface area contributed by atoms with Crippen LogP contribution in [0.25, 0.3) is 0 Å². The lowest BCUT2D eigenvalue weighted by Crippen LogP contribution is -2.38. The van der Waals surface area contributed by atoms with Crippen LogP contribution < -0.4 is 19.1 Å². The Morgan fingerprint density at radius 1 is 1.20 bits per heavy atom. The first-order chi connectivity index (χ1) is 11.9. The number of halogens is 2. The minimum Gasteiger partial charge on any atom is -0.494 e. The molecule has 3 rings (SSSR count). The largest absolute Gasteiger partial charge is 0.494 e. The van der Waals surface area contributed by atoms with Crippen LogP contribution in [0.5, 0.6) is 17.2 Å². The summed E-state index contributed by atoms with van der Waals surface area (Å²) < 4.78 is 30.1. The molecule has 25 heavy (non-hydrogen) atoms. The number of carbonyl (C=O) groups excluding carboxylic acids is 1. The molecule has 0 radical (unpaired) electrons. The van der Waals surface area contributed by atoms with Gasteiger partial charge in [0.1, 0.15) is 0 Å². The molecule has 2 aromatic carbocycles. The molecule has 0 N–H and O–H groups in total. The molecule has 0 bridgehead atoms. The summed E-state index contributed by atoms with van der Waals surface area (Å²) in [7, 11) is 2.89. The smallest absolute Gasteiger partial charge is 0.268 e. The van der Waals surface area contributed by atoms with Gasteiger partial charge < -0.3 is 19.1 Å². The van der Waals surface area contributed by atoms with E-state index in [9.17, 15) is 9.18 Å². The zero-order valence-corrected chi connectivity index (χ0v) is 14.8. The predicted molar refractivity (Wildman–Crippen MR) is 92.2 cm³/mol. The number of fused-ring (bicyclic) bond motifs is 1. The standard InChI is InChI=1S/C18H17ClFNO4/c1-10-18(22)21(13-4-5-15(23-2)14(20)8-13)9-11-6-12(19)7-16(24-3)17(11)25-10/h4-8,10H,9H2,1-3H3/t10-/m0/s1. The van der Waals surface area contributed by atoms with Crippen LogP contribution in [0.2, 0.25) is 5.02 Å². The third-order valence-electron chi connectivity index (χ3n) is 4.00. The number of anilines is 1. The van der Waals surface area contributed by atoms with Crippen LogP contribution in [0.15, 0.2) is 30.3 Å². The number of benzene rings is 2. The Bertz CT molecular complexity index is 827. The highest BCUT2D eigenvalue weighted by Gasteiger charge is 2.31. The van der Waals surface area contributed by atoms with Gasteiger partial charge in [0.2, 0.25) is 0 Å². The summed E-state index contributed by atoms with van der Waals surface area (Å²) in [5, 5.41) is 0.460. The summed E-state index contributed by atoms with van der Waals surface area (Å²) in [4.78, 5) is 14.2. The number of carbonyl (C=O) groups is 1. The number of amides is 1. The van der Waals surface area contributed by atoms with Gasteiger partial charge in [-0.05, 0) is 25.1 Å². The fraction of sp³-hybridized carbons (Fsp3) is 0.278. The Balaban J connectivity index is 2.07. The third-order valence-corrected chi connectivity index (χ3v) is 4.22. The van der Waals surface area contributed by atoms with E-state index in [0.29, 0.717) is 27.8 Å². The minimum atomic E-state index is -0.763. The molecule has 2 aromatic rings. The molecular weight excluding hydrogens is 349 g/mol. The number of hydrogen-bond acceptors (Lipinski definition) is 4. The fourth-order valence-electron chi connectivity index (χ4n) is 2.76. The summed E-state index contributed by atoms with van der Waals surface area (Å²) in [6.07, 6.45) is -0.763. The van der Waals surface area contributed by atoms with Crippen LogP contribution in [0.1, 0.15) is 12.5 Å². The van der Waals surface area contributed by atoms with Crippen molar-refractivity contribution in [2.45, 2.75) is 19.6 Å². The lowest BCUT2D eigenvalue weighted by molar-refractivity contribution is -0.124. The van der Waals surface area contributed by atoms with Crippen LogP contribution in [0.3, 0.4) is 0 Å². The summed E-state index contributed by atoms with van der Waals surface area (Å²) in [6, 6.07) is 7.70. The average Bonchev–Trinajstić information content (AvgIpc) is 2.71. The van der Waals surface area contributed by atoms with Crippen LogP contribution in [-0.4, -0.2) is 26.2 Å². The molecule has 1 heterocycles. The second kappa shape index (κ2) is 6.80. The van der Waals surface area contributed by atoms with Crippen molar-refractivity contribution in [3.63, 3.8) is 0 Å². The fourth-order valence-corrected chi connectivity index (χ4v) is 2.99. The summed E-state index contributed by atoms with van der Waals surface area (Å²) in [5.74, 6) is 0.183. The Hall–Kier alpha value is -2.47. The average molecular weight is 366 g/mol. The molecule has 1 aliphatic heterocycles. The highest BCUT2D eigenvalue weighted by Crippen LogP contribution is 2.39. The monoisotopic (exact) mass is 365 g/mol. The summed E-state index contributed by atoms with van der Waals surface area (Å²) in [5.41, 5.74) is 1.09. The quantitative estimate of drug-likeness (QED) is 0.829. The third kappa shape index (κ3) is 3.22. The van der Waals surface area contributed by atoms with Gasteiger partial charge >= 0.3 is 0 Å². The second-order valence-corrected chi connectivity index (χ2v) is 6.04. The molecule has 1 aliphatic rings. The first-order valence-corrected chi connectivity index (χ1v) is 8.00. The van der Waals surface area contributed by atoms with Crippen molar-refractivity contribution in [1.82, 2.24) is 0 Å². The molecule has 0 spiro atoms. The van der Waals surface area contributed by atoms with Crippen LogP contribution in [0.4, 0.5) is 10.1 Å². The zero-order valence-electron chi connectivity index (χ0n) is 14.0. The van der Waals surface area contributed by atoms with E-state index >= 15 is 0 Å². The van der Waals surface area contributed by atoms with Crippen molar-refractivity contribution in [1.29, 1.82) is 0 Å². The van der Waals surface area contributed by atoms with Crippen molar-refractivity contribution in [2.75, 3.05) is 19.1 Å². The molecule has 132 valence electrons. The lowest BCUT2D eigenvalue weighted by Gasteiger charge is -2.22. The van der Waals surface area contributed by atoms with Crippen molar-refractivity contribution in [3.05, 3.63) is 46.7 Å². The van der Waals surface area contributed by atoms with E-state index < -0.39 is 11.9 Å². The van der Waals surface area contributed by atoms with Gasteiger partial charge in [-0.3, -0.25) is 4.79 Å². The van der Waals surface area contributed by atoms with Gasteiger partial charge in [0, 0.05) is 28.4 Å². The summed E-state index contributed by atoms with van der Waals surface area (Å²) in [6.45, 7) is 1.82. The molecule has 0 saturated carbocycles. The number of methoxy groups -OCH3 is 2. The van der Waals surface area contributed by atoms with Crippen molar-refractivity contribution >= 4 is 23.2 Å². The Morgan fingerprint density at radius 3 is 2.56 bits per heavy atom. The van der Waals surface area contributed by atoms with E-state index in [1.807, 2.05) is 0 Å². The van der Waals surface area contributed by atoms with Gasteiger partial charge in [-0.25, -0.2) is 4.39 Å². The zero-order chi connectivity index (χ0) is 18.1. The van der Waals surface area contributed by atoms with Crippen molar-refractivity contribution in [2.24, 2.45) is 0 Å². The van der Waals surface area contributed by atoms with Crippen molar-refractivity contribution < 1.29 is 23.4 Å². The molecule has 0 saturated heterocycles. The number of hydrogen-bond donors (Lipinski definition) is 0. The van der Waals surface area contributed by atoms with E-state index in [2.05, 4.69) is 0 Å². The van der Waals surface area contributed by atoms with Gasteiger partial charge in [0.15, 0.2) is 29.2 Å². The number of nitrogens with zero attached hydrogens (tertiary/aromatic N) is 1. The van der Waals surface area contributed by atoms with Gasteiger partial charge in [0.05, 0.1) is 20.8 Å². The lowest BCUT2D eigenvalue weighted by atomic mass is 10.1. The predicted octanol–water partition coefficient (Wildman–Crippen LogP) is 3.81. The van der Waals surface area contributed by atoms with E-state index in [0.717, 1.165) is 0 Å². The van der Waals surface area contributed by atoms with Crippen LogP contribution >= 0.6 is 11.6 Å². The van der Waals surface area contributed by atoms with E-state index in [1.165, 1.54) is 31.3 Å². The maximum Gasteiger partial charge on any atom is 0.268 e. The van der Waals surface area contributed by atoms with Gasteiger partial charge in [-0.15, -0.1) is 0 Å². The SMILES string of the molecule is COc1ccc(N2Cc3cc(Cl)cc(OC)c3O[C@@H](C)C2=O)cc1F. The highest BCUT2D eigenvalue weighted by atomic mass is 35.5. The number of ether oxygens (including phenoxy) is 3. The van der Waals surface area contributed by atoms with Crippen LogP contribution in [0, 0.1) is 5.82 Å². The van der Waals surface area contributed by atoms with E-state index in [-0.39, 0.29) is 18.2 Å². The molecule has 7 heteroatoms. The second-order valence-electron chi connectivity index (χ2n) is 5.60. The van der Waals surface area contributed by atoms with E-state index in [1.54, 1.807) is 25.1 Å². The normalized spacial score (nSPS) is 16.8. The molecule has 1 atom stereocenters. The molecular formula is C18H17ClFNO4. The molecule has 0 aromatic heterocycles. The minimum absolute atomic E-state index is 0.112. The molecule has 1 amide bonds. The summed E-state index contributed by atoms with van der Waals surface area (Å²) >= 11 is 6.13. The molecule has 0 fully saturated rings. The first kappa shape index (κ1) is 17.4. The van der Waals surface area contributed by atoms with Gasteiger partial charge in [0.25, 0.3) is 5.91 Å². The molecule has 0 aliphatic carbocycles. The van der Waals surface area contributed by atoms with E-state index in [4.69, 9.17) is 25.8 Å². The highest BCUT2D eigenvalue weighted by molar-refractivity contribution is 6.30. The molecule has 0 unspecified atom stereocenters. The maximum absolute atomic E-state index is 14.1. The first-order valence-electron chi connectivity index (χ1n) is 7.62. The van der Waals surface area contributed by atoms with Gasteiger partial charge in [-0.1, -0.05) is 11.6 Å². The van der Waals surface area contributed by atoms with Crippen molar-refractivity contribution in [3.8, 4) is 17.2 Å².